The van der Waals surface area contributed by atoms with E-state index in [1.807, 2.05) is 34.6 Å². The van der Waals surface area contributed by atoms with E-state index >= 15 is 0 Å². The highest BCUT2D eigenvalue weighted by Crippen LogP contribution is 2.30. The van der Waals surface area contributed by atoms with Crippen LogP contribution >= 0.6 is 0 Å². The van der Waals surface area contributed by atoms with E-state index in [4.69, 9.17) is 11.0 Å². The topological polar surface area (TPSA) is 145 Å². The maximum atomic E-state index is 13.4. The van der Waals surface area contributed by atoms with Gasteiger partial charge in [-0.1, -0.05) is 0 Å². The second-order valence-electron chi connectivity index (χ2n) is 8.71. The van der Waals surface area contributed by atoms with Crippen molar-refractivity contribution in [2.75, 3.05) is 19.6 Å². The average molecular weight is 462 g/mol. The summed E-state index contributed by atoms with van der Waals surface area (Å²) in [5.41, 5.74) is 9.91. The van der Waals surface area contributed by atoms with E-state index in [-0.39, 0.29) is 25.3 Å². The molecule has 0 radical (unpaired) electrons. The van der Waals surface area contributed by atoms with Gasteiger partial charge in [0.25, 0.3) is 0 Å². The third-order valence-corrected chi connectivity index (χ3v) is 6.29. The van der Waals surface area contributed by atoms with Crippen LogP contribution in [0.25, 0.3) is 16.7 Å². The van der Waals surface area contributed by atoms with Crippen LogP contribution in [0.2, 0.25) is 0 Å². The number of piperidine rings is 1. The smallest absolute Gasteiger partial charge is 0.217 e. The molecule has 1 aromatic carbocycles. The predicted molar refractivity (Wildman–Crippen MR) is 125 cm³/mol. The van der Waals surface area contributed by atoms with Crippen LogP contribution in [-0.4, -0.2) is 68.2 Å². The van der Waals surface area contributed by atoms with Crippen LogP contribution in [-0.2, 0) is 11.2 Å². The molecule has 4 N–H and O–H groups in total. The summed E-state index contributed by atoms with van der Waals surface area (Å²) in [6.45, 7) is 2.69. The Hall–Kier alpha value is -3.58. The molecule has 3 heterocycles. The van der Waals surface area contributed by atoms with Crippen molar-refractivity contribution in [3.05, 3.63) is 58.9 Å². The molecule has 3 aromatic rings. The number of carbonyl (C=O) groups excluding carboxylic acids is 2. The van der Waals surface area contributed by atoms with Gasteiger partial charge in [0, 0.05) is 37.1 Å². The van der Waals surface area contributed by atoms with Crippen molar-refractivity contribution in [3.8, 4) is 11.8 Å². The first-order chi connectivity index (χ1) is 16.3. The van der Waals surface area contributed by atoms with E-state index in [2.05, 4.69) is 11.1 Å². The fourth-order valence-electron chi connectivity index (χ4n) is 4.49. The van der Waals surface area contributed by atoms with E-state index in [1.54, 1.807) is 18.3 Å². The molecule has 1 fully saturated rings. The molecule has 9 nitrogen and oxygen atoms in total. The van der Waals surface area contributed by atoms with Gasteiger partial charge in [-0.3, -0.25) is 19.5 Å². The highest BCUT2D eigenvalue weighted by atomic mass is 16.3. The van der Waals surface area contributed by atoms with E-state index in [0.29, 0.717) is 41.7 Å². The SMILES string of the molecule is Cc1c(C(=O)CN2CCC(O)C(O)C2)c2ncc(CCC(N)=O)cc2n1-c1ccc(C#N)cc1. The number of Topliss-reactive ketones (excluding diaryl/α,β-unsaturated/α-hetero) is 1. The second-order valence-corrected chi connectivity index (χ2v) is 8.71. The fourth-order valence-corrected chi connectivity index (χ4v) is 4.49. The number of fused-ring (bicyclic) bond motifs is 1. The van der Waals surface area contributed by atoms with Gasteiger partial charge in [-0.2, -0.15) is 5.26 Å². The molecule has 2 aromatic heterocycles. The predicted octanol–water partition coefficient (Wildman–Crippen LogP) is 1.23. The Balaban J connectivity index is 1.76. The minimum atomic E-state index is -0.881. The van der Waals surface area contributed by atoms with Crippen LogP contribution in [0.3, 0.4) is 0 Å². The van der Waals surface area contributed by atoms with Gasteiger partial charge in [0.15, 0.2) is 5.78 Å². The van der Waals surface area contributed by atoms with Crippen LogP contribution in [0.1, 0.15) is 40.0 Å². The molecule has 1 aliphatic heterocycles. The Kier molecular flexibility index (Phi) is 6.75. The number of β-amino-alcohol motifs (C(OH)–C–C–N with tert-alkyl or cyclic N) is 1. The number of aliphatic hydroxyl groups excluding tert-OH is 2. The Morgan fingerprint density at radius 3 is 2.62 bits per heavy atom. The fraction of sp³-hybridized carbons (Fsp3) is 0.360. The third-order valence-electron chi connectivity index (χ3n) is 6.29. The lowest BCUT2D eigenvalue weighted by Gasteiger charge is -2.32. The lowest BCUT2D eigenvalue weighted by Crippen LogP contribution is -2.48. The summed E-state index contributed by atoms with van der Waals surface area (Å²) < 4.78 is 1.93. The first-order valence-electron chi connectivity index (χ1n) is 11.2. The van der Waals surface area contributed by atoms with Crippen molar-refractivity contribution in [2.45, 2.75) is 38.4 Å². The molecule has 9 heteroatoms. The molecule has 1 amide bonds. The van der Waals surface area contributed by atoms with E-state index in [9.17, 15) is 19.8 Å². The van der Waals surface area contributed by atoms with Crippen molar-refractivity contribution in [1.29, 1.82) is 5.26 Å². The number of pyridine rings is 1. The molecule has 2 atom stereocenters. The summed E-state index contributed by atoms with van der Waals surface area (Å²) in [6, 6.07) is 11.1. The molecule has 1 saturated heterocycles. The van der Waals surface area contributed by atoms with Gasteiger partial charge in [0.2, 0.25) is 5.91 Å². The Morgan fingerprint density at radius 1 is 1.24 bits per heavy atom. The zero-order valence-corrected chi connectivity index (χ0v) is 18.9. The number of benzene rings is 1. The highest BCUT2D eigenvalue weighted by Gasteiger charge is 2.29. The number of carbonyl (C=O) groups is 2. The summed E-state index contributed by atoms with van der Waals surface area (Å²) in [5.74, 6) is -0.528. The number of aromatic nitrogens is 2. The number of hydrogen-bond acceptors (Lipinski definition) is 7. The largest absolute Gasteiger partial charge is 0.390 e. The Bertz CT molecular complexity index is 1280. The average Bonchev–Trinajstić information content (AvgIpc) is 3.11. The van der Waals surface area contributed by atoms with Gasteiger partial charge in [-0.05, 0) is 55.7 Å². The van der Waals surface area contributed by atoms with E-state index in [0.717, 1.165) is 16.8 Å². The number of nitriles is 1. The van der Waals surface area contributed by atoms with Crippen LogP contribution in [0.15, 0.2) is 36.5 Å². The number of aryl methyl sites for hydroxylation is 1. The standard InChI is InChI=1S/C25H27N5O4/c1-15-24(22(33)14-29-9-8-20(31)21(32)13-29)25-19(10-17(12-28-25)4-7-23(27)34)30(15)18-5-2-16(11-26)3-6-18/h2-3,5-6,10,12,20-21,31-32H,4,7-9,13-14H2,1H3,(H2,27,34). The van der Waals surface area contributed by atoms with Crippen LogP contribution in [0, 0.1) is 18.3 Å². The zero-order valence-electron chi connectivity index (χ0n) is 18.9. The number of primary amides is 1. The molecule has 0 bridgehead atoms. The Labute approximate surface area is 197 Å². The summed E-state index contributed by atoms with van der Waals surface area (Å²) in [7, 11) is 0. The third kappa shape index (κ3) is 4.70. The lowest BCUT2D eigenvalue weighted by molar-refractivity contribution is -0.117. The van der Waals surface area contributed by atoms with Crippen molar-refractivity contribution < 1.29 is 19.8 Å². The molecule has 0 aliphatic carbocycles. The van der Waals surface area contributed by atoms with E-state index < -0.39 is 18.1 Å². The minimum Gasteiger partial charge on any atom is -0.390 e. The van der Waals surface area contributed by atoms with Crippen molar-refractivity contribution in [3.63, 3.8) is 0 Å². The molecule has 2 unspecified atom stereocenters. The van der Waals surface area contributed by atoms with E-state index in [1.165, 1.54) is 0 Å². The number of rotatable bonds is 7. The highest BCUT2D eigenvalue weighted by molar-refractivity contribution is 6.09. The summed E-state index contributed by atoms with van der Waals surface area (Å²) in [5, 5.41) is 28.9. The van der Waals surface area contributed by atoms with Gasteiger partial charge < -0.3 is 20.5 Å². The number of nitrogens with zero attached hydrogens (tertiary/aromatic N) is 4. The number of amides is 1. The van der Waals surface area contributed by atoms with Crippen LogP contribution < -0.4 is 5.73 Å². The molecule has 176 valence electrons. The summed E-state index contributed by atoms with van der Waals surface area (Å²) in [6.07, 6.45) is 1.04. The number of aliphatic hydroxyl groups is 2. The molecule has 0 saturated carbocycles. The first-order valence-corrected chi connectivity index (χ1v) is 11.2. The first kappa shape index (κ1) is 23.6. The lowest BCUT2D eigenvalue weighted by atomic mass is 10.0. The van der Waals surface area contributed by atoms with Gasteiger partial charge >= 0.3 is 0 Å². The number of nitrogens with two attached hydrogens (primary N) is 1. The van der Waals surface area contributed by atoms with Gasteiger partial charge in [0.05, 0.1) is 47.0 Å². The van der Waals surface area contributed by atoms with Crippen molar-refractivity contribution >= 4 is 22.7 Å². The normalized spacial score (nSPS) is 18.6. The summed E-state index contributed by atoms with van der Waals surface area (Å²) >= 11 is 0. The van der Waals surface area contributed by atoms with Crippen LogP contribution in [0.4, 0.5) is 0 Å². The number of hydrogen-bond donors (Lipinski definition) is 3. The zero-order chi connectivity index (χ0) is 24.4. The maximum Gasteiger partial charge on any atom is 0.217 e. The van der Waals surface area contributed by atoms with Gasteiger partial charge in [-0.15, -0.1) is 0 Å². The number of ketones is 1. The second kappa shape index (κ2) is 9.73. The molecular formula is C25H27N5O4. The maximum absolute atomic E-state index is 13.4. The van der Waals surface area contributed by atoms with Gasteiger partial charge in [0.1, 0.15) is 0 Å². The molecule has 4 rings (SSSR count). The monoisotopic (exact) mass is 461 g/mol. The van der Waals surface area contributed by atoms with Crippen molar-refractivity contribution in [2.24, 2.45) is 5.73 Å². The molecular weight excluding hydrogens is 434 g/mol. The number of likely N-dealkylation sites (tertiary alicyclic amines) is 1. The Morgan fingerprint density at radius 2 is 1.97 bits per heavy atom. The molecule has 1 aliphatic rings. The minimum absolute atomic E-state index is 0.0994. The quantitative estimate of drug-likeness (QED) is 0.449. The van der Waals surface area contributed by atoms with Crippen molar-refractivity contribution in [1.82, 2.24) is 14.5 Å². The van der Waals surface area contributed by atoms with Gasteiger partial charge in [-0.25, -0.2) is 0 Å². The molecule has 34 heavy (non-hydrogen) atoms. The molecule has 0 spiro atoms. The van der Waals surface area contributed by atoms with Crippen LogP contribution in [0.5, 0.6) is 0 Å². The summed E-state index contributed by atoms with van der Waals surface area (Å²) in [4.78, 5) is 31.1.